The summed E-state index contributed by atoms with van der Waals surface area (Å²) in [6.07, 6.45) is 0. The van der Waals surface area contributed by atoms with Crippen molar-refractivity contribution in [3.63, 3.8) is 0 Å². The van der Waals surface area contributed by atoms with Gasteiger partial charge in [-0.15, -0.1) is 0 Å². The SMILES string of the molecule is CC1(C)c2ccccc2-c2c(N(c3ccc(-c4ccc5ccccc5c4)cc3)c3ccccc3-c3ccccc3-c3ccccc3)cccc21. The molecule has 0 fully saturated rings. The Morgan fingerprint density at radius 2 is 0.940 bits per heavy atom. The van der Waals surface area contributed by atoms with Crippen LogP contribution in [0.4, 0.5) is 17.1 Å². The Morgan fingerprint density at radius 1 is 0.360 bits per heavy atom. The van der Waals surface area contributed by atoms with Gasteiger partial charge in [-0.3, -0.25) is 0 Å². The van der Waals surface area contributed by atoms with E-state index >= 15 is 0 Å². The average molecular weight is 640 g/mol. The van der Waals surface area contributed by atoms with Crippen LogP contribution >= 0.6 is 0 Å². The lowest BCUT2D eigenvalue weighted by Crippen LogP contribution is -2.16. The van der Waals surface area contributed by atoms with E-state index in [9.17, 15) is 0 Å². The number of para-hydroxylation sites is 1. The molecule has 1 nitrogen and oxygen atoms in total. The van der Waals surface area contributed by atoms with Crippen molar-refractivity contribution in [2.75, 3.05) is 4.90 Å². The molecule has 238 valence electrons. The molecule has 1 heteroatoms. The molecule has 0 aromatic heterocycles. The predicted octanol–water partition coefficient (Wildman–Crippen LogP) is 13.6. The molecule has 8 aromatic rings. The molecular formula is C49H37N. The third-order valence-electron chi connectivity index (χ3n) is 10.5. The number of fused-ring (bicyclic) bond motifs is 4. The Kier molecular flexibility index (Phi) is 7.21. The van der Waals surface area contributed by atoms with E-state index in [1.54, 1.807) is 0 Å². The third kappa shape index (κ3) is 4.94. The van der Waals surface area contributed by atoms with Crippen LogP contribution in [0.25, 0.3) is 55.3 Å². The van der Waals surface area contributed by atoms with Crippen molar-refractivity contribution in [3.05, 3.63) is 199 Å². The fourth-order valence-electron chi connectivity index (χ4n) is 7.99. The molecule has 0 atom stereocenters. The van der Waals surface area contributed by atoms with Crippen LogP contribution in [0.1, 0.15) is 25.0 Å². The van der Waals surface area contributed by atoms with E-state index in [2.05, 4.69) is 207 Å². The van der Waals surface area contributed by atoms with Crippen LogP contribution in [-0.2, 0) is 5.41 Å². The summed E-state index contributed by atoms with van der Waals surface area (Å²) in [6, 6.07) is 68.6. The second kappa shape index (κ2) is 12.1. The quantitative estimate of drug-likeness (QED) is 0.175. The maximum absolute atomic E-state index is 2.48. The zero-order valence-electron chi connectivity index (χ0n) is 28.3. The first-order valence-electron chi connectivity index (χ1n) is 17.4. The highest BCUT2D eigenvalue weighted by atomic mass is 15.1. The smallest absolute Gasteiger partial charge is 0.0543 e. The predicted molar refractivity (Wildman–Crippen MR) is 213 cm³/mol. The molecule has 0 amide bonds. The van der Waals surface area contributed by atoms with Gasteiger partial charge in [-0.25, -0.2) is 0 Å². The minimum absolute atomic E-state index is 0.104. The lowest BCUT2D eigenvalue weighted by atomic mass is 9.82. The van der Waals surface area contributed by atoms with Crippen LogP contribution < -0.4 is 4.90 Å². The topological polar surface area (TPSA) is 3.24 Å². The van der Waals surface area contributed by atoms with Crippen molar-refractivity contribution in [3.8, 4) is 44.5 Å². The van der Waals surface area contributed by atoms with E-state index in [1.165, 1.54) is 72.1 Å². The van der Waals surface area contributed by atoms with E-state index in [-0.39, 0.29) is 5.41 Å². The fraction of sp³-hybridized carbons (Fsp3) is 0.0612. The minimum atomic E-state index is -0.104. The molecule has 0 saturated carbocycles. The van der Waals surface area contributed by atoms with Crippen molar-refractivity contribution in [1.82, 2.24) is 0 Å². The normalized spacial score (nSPS) is 12.8. The Morgan fingerprint density at radius 3 is 1.74 bits per heavy atom. The van der Waals surface area contributed by atoms with E-state index < -0.39 is 0 Å². The molecular weight excluding hydrogens is 603 g/mol. The van der Waals surface area contributed by atoms with Crippen molar-refractivity contribution in [1.29, 1.82) is 0 Å². The van der Waals surface area contributed by atoms with Gasteiger partial charge >= 0.3 is 0 Å². The Bertz CT molecular complexity index is 2510. The molecule has 0 spiro atoms. The lowest BCUT2D eigenvalue weighted by molar-refractivity contribution is 0.660. The van der Waals surface area contributed by atoms with Gasteiger partial charge in [-0.1, -0.05) is 172 Å². The first kappa shape index (κ1) is 29.9. The van der Waals surface area contributed by atoms with Crippen molar-refractivity contribution < 1.29 is 0 Å². The number of nitrogens with zero attached hydrogens (tertiary/aromatic N) is 1. The first-order valence-corrected chi connectivity index (χ1v) is 17.4. The molecule has 0 heterocycles. The second-order valence-electron chi connectivity index (χ2n) is 13.7. The van der Waals surface area contributed by atoms with Gasteiger partial charge < -0.3 is 4.90 Å². The second-order valence-corrected chi connectivity index (χ2v) is 13.7. The van der Waals surface area contributed by atoms with Gasteiger partial charge in [0, 0.05) is 22.2 Å². The van der Waals surface area contributed by atoms with Gasteiger partial charge in [-0.2, -0.15) is 0 Å². The maximum Gasteiger partial charge on any atom is 0.0543 e. The standard InChI is InChI=1S/C49H37N/c1-49(2)44-23-12-10-22-43(44)48-45(49)24-14-26-47(48)50(39-31-29-35(30-32-39)38-28-27-34-15-6-7-18-37(34)33-38)46-25-13-11-21-42(46)41-20-9-8-19-40(41)36-16-4-3-5-17-36/h3-33H,1-2H3. The first-order chi connectivity index (χ1) is 24.6. The molecule has 1 aliphatic carbocycles. The van der Waals surface area contributed by atoms with E-state index in [4.69, 9.17) is 0 Å². The van der Waals surface area contributed by atoms with Gasteiger partial charge in [0.25, 0.3) is 0 Å². The van der Waals surface area contributed by atoms with Gasteiger partial charge in [0.1, 0.15) is 0 Å². The molecule has 9 rings (SSSR count). The summed E-state index contributed by atoms with van der Waals surface area (Å²) in [5, 5.41) is 2.51. The molecule has 1 aliphatic rings. The molecule has 0 unspecified atom stereocenters. The van der Waals surface area contributed by atoms with Crippen molar-refractivity contribution in [2.24, 2.45) is 0 Å². The molecule has 8 aromatic carbocycles. The highest BCUT2D eigenvalue weighted by Gasteiger charge is 2.38. The summed E-state index contributed by atoms with van der Waals surface area (Å²) >= 11 is 0. The fourth-order valence-corrected chi connectivity index (χ4v) is 7.99. The third-order valence-corrected chi connectivity index (χ3v) is 10.5. The molecule has 0 aliphatic heterocycles. The summed E-state index contributed by atoms with van der Waals surface area (Å²) in [5.74, 6) is 0. The van der Waals surface area contributed by atoms with Crippen LogP contribution in [-0.4, -0.2) is 0 Å². The zero-order chi connectivity index (χ0) is 33.7. The van der Waals surface area contributed by atoms with Crippen molar-refractivity contribution >= 4 is 27.8 Å². The van der Waals surface area contributed by atoms with Crippen LogP contribution in [0.15, 0.2) is 188 Å². The monoisotopic (exact) mass is 639 g/mol. The van der Waals surface area contributed by atoms with Crippen LogP contribution in [0, 0.1) is 0 Å². The summed E-state index contributed by atoms with van der Waals surface area (Å²) in [5.41, 5.74) is 15.9. The van der Waals surface area contributed by atoms with Gasteiger partial charge in [0.05, 0.1) is 11.4 Å². The lowest BCUT2D eigenvalue weighted by Gasteiger charge is -2.31. The Hall–Kier alpha value is -6.18. The van der Waals surface area contributed by atoms with Crippen LogP contribution in [0.2, 0.25) is 0 Å². The summed E-state index contributed by atoms with van der Waals surface area (Å²) in [6.45, 7) is 4.71. The maximum atomic E-state index is 2.48. The van der Waals surface area contributed by atoms with Crippen molar-refractivity contribution in [2.45, 2.75) is 19.3 Å². The number of anilines is 3. The molecule has 0 bridgehead atoms. The summed E-state index contributed by atoms with van der Waals surface area (Å²) < 4.78 is 0. The summed E-state index contributed by atoms with van der Waals surface area (Å²) in [4.78, 5) is 2.48. The Labute approximate surface area is 294 Å². The number of rotatable bonds is 6. The highest BCUT2D eigenvalue weighted by molar-refractivity contribution is 5.99. The molecule has 0 radical (unpaired) electrons. The van der Waals surface area contributed by atoms with Crippen LogP contribution in [0.3, 0.4) is 0 Å². The van der Waals surface area contributed by atoms with E-state index in [0.717, 1.165) is 11.4 Å². The molecule has 50 heavy (non-hydrogen) atoms. The number of benzene rings is 8. The van der Waals surface area contributed by atoms with Gasteiger partial charge in [0.2, 0.25) is 0 Å². The van der Waals surface area contributed by atoms with Gasteiger partial charge in [0.15, 0.2) is 0 Å². The van der Waals surface area contributed by atoms with Crippen LogP contribution in [0.5, 0.6) is 0 Å². The number of hydrogen-bond acceptors (Lipinski definition) is 1. The van der Waals surface area contributed by atoms with E-state index in [0.29, 0.717) is 0 Å². The highest BCUT2D eigenvalue weighted by Crippen LogP contribution is 2.55. The molecule has 0 saturated heterocycles. The number of hydrogen-bond donors (Lipinski definition) is 0. The average Bonchev–Trinajstić information content (AvgIpc) is 3.42. The molecule has 0 N–H and O–H groups in total. The zero-order valence-corrected chi connectivity index (χ0v) is 28.3. The minimum Gasteiger partial charge on any atom is -0.309 e. The van der Waals surface area contributed by atoms with Gasteiger partial charge in [-0.05, 0) is 85.6 Å². The Balaban J connectivity index is 1.27. The van der Waals surface area contributed by atoms with E-state index in [1.807, 2.05) is 0 Å². The largest absolute Gasteiger partial charge is 0.309 e. The summed E-state index contributed by atoms with van der Waals surface area (Å²) in [7, 11) is 0.